The highest BCUT2D eigenvalue weighted by atomic mass is 16.2. The van der Waals surface area contributed by atoms with Gasteiger partial charge < -0.3 is 10.6 Å². The number of aromatic amines is 1. The number of rotatable bonds is 4. The number of carbonyl (C=O) groups is 1. The van der Waals surface area contributed by atoms with Crippen LogP contribution in [0.25, 0.3) is 10.9 Å². The minimum absolute atomic E-state index is 0.0144. The highest BCUT2D eigenvalue weighted by Gasteiger charge is 2.30. The van der Waals surface area contributed by atoms with Gasteiger partial charge in [-0.25, -0.2) is 0 Å². The summed E-state index contributed by atoms with van der Waals surface area (Å²) in [7, 11) is 0. The Labute approximate surface area is 141 Å². The topological polar surface area (TPSA) is 75.0 Å². The van der Waals surface area contributed by atoms with E-state index < -0.39 is 0 Å². The minimum Gasteiger partial charge on any atom is -0.382 e. The molecule has 5 nitrogen and oxygen atoms in total. The molecule has 2 aromatic rings. The molecule has 24 heavy (non-hydrogen) atoms. The van der Waals surface area contributed by atoms with E-state index in [2.05, 4.69) is 16.8 Å². The fourth-order valence-electron chi connectivity index (χ4n) is 3.13. The van der Waals surface area contributed by atoms with Crippen molar-refractivity contribution in [3.05, 3.63) is 60.2 Å². The molecule has 1 aliphatic rings. The number of nitrogens with zero attached hydrogens (tertiary/aromatic N) is 2. The van der Waals surface area contributed by atoms with E-state index in [4.69, 9.17) is 5.73 Å². The lowest BCUT2D eigenvalue weighted by molar-refractivity contribution is 0.0758. The van der Waals surface area contributed by atoms with Crippen molar-refractivity contribution >= 4 is 22.6 Å². The SMILES string of the molecule is C=C(/C=C\C=C/C)[C@H]1CCCN1C(=O)c1ccc2[nH]nc(N)c2c1. The molecule has 0 unspecified atom stereocenters. The van der Waals surface area contributed by atoms with E-state index in [1.54, 1.807) is 0 Å². The molecular weight excluding hydrogens is 300 g/mol. The summed E-state index contributed by atoms with van der Waals surface area (Å²) in [6.45, 7) is 6.86. The fourth-order valence-corrected chi connectivity index (χ4v) is 3.13. The zero-order chi connectivity index (χ0) is 17.1. The molecule has 2 heterocycles. The van der Waals surface area contributed by atoms with Gasteiger partial charge in [0.15, 0.2) is 5.82 Å². The van der Waals surface area contributed by atoms with Gasteiger partial charge in [-0.1, -0.05) is 30.9 Å². The molecule has 124 valence electrons. The van der Waals surface area contributed by atoms with Crippen molar-refractivity contribution in [2.24, 2.45) is 0 Å². The van der Waals surface area contributed by atoms with Crippen LogP contribution in [0.15, 0.2) is 54.7 Å². The second-order valence-electron chi connectivity index (χ2n) is 5.99. The van der Waals surface area contributed by atoms with Crippen LogP contribution in [-0.2, 0) is 0 Å². The number of nitrogen functional groups attached to an aromatic ring is 1. The van der Waals surface area contributed by atoms with Gasteiger partial charge in [-0.15, -0.1) is 0 Å². The van der Waals surface area contributed by atoms with Crippen molar-refractivity contribution in [1.29, 1.82) is 0 Å². The molecule has 0 radical (unpaired) electrons. The van der Waals surface area contributed by atoms with Crippen molar-refractivity contribution in [2.45, 2.75) is 25.8 Å². The van der Waals surface area contributed by atoms with Crippen molar-refractivity contribution in [3.8, 4) is 0 Å². The van der Waals surface area contributed by atoms with Gasteiger partial charge in [0.2, 0.25) is 0 Å². The Morgan fingerprint density at radius 3 is 3.08 bits per heavy atom. The number of fused-ring (bicyclic) bond motifs is 1. The van der Waals surface area contributed by atoms with E-state index in [0.29, 0.717) is 11.4 Å². The van der Waals surface area contributed by atoms with Crippen LogP contribution in [0.4, 0.5) is 5.82 Å². The number of nitrogens with one attached hydrogen (secondary N) is 1. The first-order valence-electron chi connectivity index (χ1n) is 8.14. The van der Waals surface area contributed by atoms with Gasteiger partial charge in [0.1, 0.15) is 0 Å². The first kappa shape index (κ1) is 16.1. The standard InChI is InChI=1S/C19H22N4O/c1-3-4-5-7-13(2)17-8-6-11-23(17)19(24)14-9-10-16-15(12-14)18(20)22-21-16/h3-5,7,9-10,12,17H,2,6,8,11H2,1H3,(H3,20,21,22)/b4-3-,7-5-/t17-/m1/s1. The Balaban J connectivity index is 1.84. The largest absolute Gasteiger partial charge is 0.382 e. The highest BCUT2D eigenvalue weighted by molar-refractivity contribution is 6.00. The van der Waals surface area contributed by atoms with E-state index >= 15 is 0 Å². The van der Waals surface area contributed by atoms with Crippen LogP contribution in [0.5, 0.6) is 0 Å². The third kappa shape index (κ3) is 2.97. The first-order valence-corrected chi connectivity index (χ1v) is 8.14. The van der Waals surface area contributed by atoms with Crippen molar-refractivity contribution < 1.29 is 4.79 Å². The van der Waals surface area contributed by atoms with Gasteiger partial charge in [-0.3, -0.25) is 9.89 Å². The summed E-state index contributed by atoms with van der Waals surface area (Å²) in [6.07, 6.45) is 9.80. The molecule has 5 heteroatoms. The quantitative estimate of drug-likeness (QED) is 0.847. The number of likely N-dealkylation sites (tertiary alicyclic amines) is 1. The number of hydrogen-bond donors (Lipinski definition) is 2. The maximum absolute atomic E-state index is 12.9. The molecule has 0 aliphatic carbocycles. The number of anilines is 1. The summed E-state index contributed by atoms with van der Waals surface area (Å²) in [5.74, 6) is 0.428. The lowest BCUT2D eigenvalue weighted by Crippen LogP contribution is -2.36. The average Bonchev–Trinajstić information content (AvgIpc) is 3.21. The number of allylic oxidation sites excluding steroid dienone is 3. The van der Waals surface area contributed by atoms with Crippen LogP contribution in [0.2, 0.25) is 0 Å². The second-order valence-corrected chi connectivity index (χ2v) is 5.99. The van der Waals surface area contributed by atoms with Crippen molar-refractivity contribution in [2.75, 3.05) is 12.3 Å². The Morgan fingerprint density at radius 2 is 2.29 bits per heavy atom. The van der Waals surface area contributed by atoms with Crippen LogP contribution in [0.3, 0.4) is 0 Å². The van der Waals surface area contributed by atoms with Gasteiger partial charge in [0.25, 0.3) is 5.91 Å². The summed E-state index contributed by atoms with van der Waals surface area (Å²) >= 11 is 0. The molecule has 3 rings (SSSR count). The maximum Gasteiger partial charge on any atom is 0.254 e. The second kappa shape index (κ2) is 6.74. The average molecular weight is 322 g/mol. The molecule has 1 aromatic carbocycles. The highest BCUT2D eigenvalue weighted by Crippen LogP contribution is 2.27. The molecular formula is C19H22N4O. The minimum atomic E-state index is 0.0144. The predicted octanol–water partition coefficient (Wildman–Crippen LogP) is 3.44. The van der Waals surface area contributed by atoms with Gasteiger partial charge >= 0.3 is 0 Å². The number of hydrogen-bond acceptors (Lipinski definition) is 3. The third-order valence-electron chi connectivity index (χ3n) is 4.39. The third-order valence-corrected chi connectivity index (χ3v) is 4.39. The molecule has 1 saturated heterocycles. The normalized spacial score (nSPS) is 18.2. The molecule has 0 saturated carbocycles. The molecule has 0 spiro atoms. The monoisotopic (exact) mass is 322 g/mol. The summed E-state index contributed by atoms with van der Waals surface area (Å²) in [5.41, 5.74) is 8.27. The van der Waals surface area contributed by atoms with Gasteiger partial charge in [-0.05, 0) is 43.5 Å². The van der Waals surface area contributed by atoms with Crippen LogP contribution in [-0.4, -0.2) is 33.6 Å². The molecule has 0 bridgehead atoms. The van der Waals surface area contributed by atoms with Crippen molar-refractivity contribution in [3.63, 3.8) is 0 Å². The van der Waals surface area contributed by atoms with Crippen molar-refractivity contribution in [1.82, 2.24) is 15.1 Å². The summed E-state index contributed by atoms with van der Waals surface area (Å²) in [6, 6.07) is 5.52. The van der Waals surface area contributed by atoms with Crippen LogP contribution < -0.4 is 5.73 Å². The van der Waals surface area contributed by atoms with Gasteiger partial charge in [0.05, 0.1) is 11.6 Å². The van der Waals surface area contributed by atoms with E-state index in [-0.39, 0.29) is 11.9 Å². The van der Waals surface area contributed by atoms with Gasteiger partial charge in [-0.2, -0.15) is 5.10 Å². The van der Waals surface area contributed by atoms with E-state index in [1.165, 1.54) is 0 Å². The Bertz CT molecular complexity index is 831. The van der Waals surface area contributed by atoms with E-state index in [0.717, 1.165) is 35.9 Å². The Hall–Kier alpha value is -2.82. The Morgan fingerprint density at radius 1 is 1.46 bits per heavy atom. The zero-order valence-corrected chi connectivity index (χ0v) is 13.8. The number of H-pyrrole nitrogens is 1. The lowest BCUT2D eigenvalue weighted by Gasteiger charge is -2.25. The smallest absolute Gasteiger partial charge is 0.254 e. The number of aromatic nitrogens is 2. The van der Waals surface area contributed by atoms with Crippen LogP contribution in [0, 0.1) is 0 Å². The van der Waals surface area contributed by atoms with E-state index in [9.17, 15) is 4.79 Å². The zero-order valence-electron chi connectivity index (χ0n) is 13.8. The number of benzene rings is 1. The van der Waals surface area contributed by atoms with Crippen LogP contribution in [0.1, 0.15) is 30.1 Å². The summed E-state index contributed by atoms with van der Waals surface area (Å²) in [4.78, 5) is 14.8. The van der Waals surface area contributed by atoms with E-state index in [1.807, 2.05) is 54.3 Å². The summed E-state index contributed by atoms with van der Waals surface area (Å²) in [5, 5.41) is 7.61. The first-order chi connectivity index (χ1) is 11.6. The summed E-state index contributed by atoms with van der Waals surface area (Å²) < 4.78 is 0. The number of nitrogens with two attached hydrogens (primary N) is 1. The predicted molar refractivity (Wildman–Crippen MR) is 97.7 cm³/mol. The van der Waals surface area contributed by atoms with Gasteiger partial charge in [0, 0.05) is 17.5 Å². The number of amides is 1. The molecule has 1 amide bonds. The van der Waals surface area contributed by atoms with Crippen LogP contribution >= 0.6 is 0 Å². The molecule has 1 aromatic heterocycles. The Kier molecular flexibility index (Phi) is 4.51. The fraction of sp³-hybridized carbons (Fsp3) is 0.263. The molecule has 1 atom stereocenters. The molecule has 1 fully saturated rings. The lowest BCUT2D eigenvalue weighted by atomic mass is 10.0. The maximum atomic E-state index is 12.9. The number of carbonyl (C=O) groups excluding carboxylic acids is 1. The molecule has 3 N–H and O–H groups in total. The molecule has 1 aliphatic heterocycles.